The highest BCUT2D eigenvalue weighted by Gasteiger charge is 2.01. The van der Waals surface area contributed by atoms with E-state index >= 15 is 0 Å². The van der Waals surface area contributed by atoms with E-state index in [2.05, 4.69) is 0 Å². The lowest BCUT2D eigenvalue weighted by molar-refractivity contribution is 0.569. The normalized spacial score (nSPS) is 7.70. The van der Waals surface area contributed by atoms with E-state index in [-0.39, 0.29) is 24.8 Å². The molecule has 0 radical (unpaired) electrons. The molecule has 2 nitrogen and oxygen atoms in total. The van der Waals surface area contributed by atoms with Crippen LogP contribution in [-0.4, -0.2) is 24.8 Å². The highest BCUT2D eigenvalue weighted by atomic mass is 35.5. The van der Waals surface area contributed by atoms with Crippen molar-refractivity contribution in [2.24, 2.45) is 5.92 Å². The molecule has 0 aromatic heterocycles. The molecule has 0 aromatic carbocycles. The number of hydrogen-bond acceptors (Lipinski definition) is 1. The quantitative estimate of drug-likeness (QED) is 0.493. The maximum Gasteiger partial charge on any atom is 0.0978 e. The van der Waals surface area contributed by atoms with Crippen molar-refractivity contribution in [2.45, 2.75) is 13.8 Å². The van der Waals surface area contributed by atoms with E-state index in [9.17, 15) is 0 Å². The first-order valence-corrected chi connectivity index (χ1v) is 2.81. The van der Waals surface area contributed by atoms with E-state index in [0.29, 0.717) is 11.8 Å². The van der Waals surface area contributed by atoms with Gasteiger partial charge in [0.15, 0.2) is 0 Å². The van der Waals surface area contributed by atoms with Gasteiger partial charge in [-0.3, -0.25) is 5.41 Å². The largest absolute Gasteiger partial charge is 0.366 e. The Morgan fingerprint density at radius 1 is 1.20 bits per heavy atom. The van der Waals surface area contributed by atoms with Crippen molar-refractivity contribution in [3.8, 4) is 0 Å². The van der Waals surface area contributed by atoms with Gasteiger partial charge in [-0.05, 0) is 0 Å². The number of hydrogen-bond donors (Lipinski definition) is 1. The first-order valence-electron chi connectivity index (χ1n) is 2.81. The Bertz CT molecular complexity index is 81.7. The monoisotopic (exact) mass is 186 g/mol. The van der Waals surface area contributed by atoms with E-state index in [4.69, 9.17) is 5.41 Å². The van der Waals surface area contributed by atoms with Crippen molar-refractivity contribution in [1.82, 2.24) is 4.90 Å². The summed E-state index contributed by atoms with van der Waals surface area (Å²) in [7, 11) is 3.78. The summed E-state index contributed by atoms with van der Waals surface area (Å²) in [6, 6.07) is 0. The van der Waals surface area contributed by atoms with Crippen LogP contribution < -0.4 is 0 Å². The number of halogens is 2. The molecular formula is C6H16Cl2N2. The van der Waals surface area contributed by atoms with E-state index < -0.39 is 0 Å². The van der Waals surface area contributed by atoms with Crippen LogP contribution in [-0.2, 0) is 0 Å². The Kier molecular flexibility index (Phi) is 11.9. The molecule has 0 amide bonds. The summed E-state index contributed by atoms with van der Waals surface area (Å²) in [5.41, 5.74) is 0. The van der Waals surface area contributed by atoms with Gasteiger partial charge < -0.3 is 4.90 Å². The second kappa shape index (κ2) is 7.16. The fourth-order valence-corrected chi connectivity index (χ4v) is 0.516. The van der Waals surface area contributed by atoms with E-state index in [1.807, 2.05) is 32.8 Å². The Labute approximate surface area is 75.3 Å². The third-order valence-electron chi connectivity index (χ3n) is 1.03. The molecule has 0 bridgehead atoms. The molecular weight excluding hydrogens is 171 g/mol. The molecule has 0 aliphatic heterocycles. The molecule has 4 heteroatoms. The summed E-state index contributed by atoms with van der Waals surface area (Å²) in [6.45, 7) is 4.03. The summed E-state index contributed by atoms with van der Waals surface area (Å²) in [5, 5.41) is 7.32. The summed E-state index contributed by atoms with van der Waals surface area (Å²) >= 11 is 0. The highest BCUT2D eigenvalue weighted by Crippen LogP contribution is 1.95. The molecule has 10 heavy (non-hydrogen) atoms. The lowest BCUT2D eigenvalue weighted by Gasteiger charge is -2.15. The lowest BCUT2D eigenvalue weighted by Crippen LogP contribution is -2.25. The number of amidine groups is 1. The molecule has 0 spiro atoms. The summed E-state index contributed by atoms with van der Waals surface area (Å²) in [6.07, 6.45) is 0. The van der Waals surface area contributed by atoms with Crippen LogP contribution in [0, 0.1) is 11.3 Å². The van der Waals surface area contributed by atoms with Crippen LogP contribution in [0.5, 0.6) is 0 Å². The maximum absolute atomic E-state index is 7.32. The number of nitrogens with one attached hydrogen (secondary N) is 1. The van der Waals surface area contributed by atoms with Crippen molar-refractivity contribution >= 4 is 30.6 Å². The Morgan fingerprint density at radius 2 is 1.50 bits per heavy atom. The number of nitrogens with zero attached hydrogens (tertiary/aromatic N) is 1. The van der Waals surface area contributed by atoms with Crippen molar-refractivity contribution in [3.05, 3.63) is 0 Å². The molecule has 0 rings (SSSR count). The van der Waals surface area contributed by atoms with Gasteiger partial charge in [-0.25, -0.2) is 0 Å². The molecule has 64 valence electrons. The molecule has 0 atom stereocenters. The Balaban J connectivity index is -0.000000245. The Morgan fingerprint density at radius 3 is 1.50 bits per heavy atom. The van der Waals surface area contributed by atoms with Gasteiger partial charge in [-0.2, -0.15) is 0 Å². The molecule has 0 unspecified atom stereocenters. The van der Waals surface area contributed by atoms with Crippen molar-refractivity contribution in [3.63, 3.8) is 0 Å². The minimum Gasteiger partial charge on any atom is -0.366 e. The van der Waals surface area contributed by atoms with Crippen LogP contribution in [0.2, 0.25) is 0 Å². The predicted molar refractivity (Wildman–Crippen MR) is 50.7 cm³/mol. The smallest absolute Gasteiger partial charge is 0.0978 e. The van der Waals surface area contributed by atoms with Crippen LogP contribution in [0.1, 0.15) is 13.8 Å². The standard InChI is InChI=1S/C6H14N2.2ClH/c1-5(2)6(7)8(3)4;;/h5,7H,1-4H3;2*1H. The first kappa shape index (κ1) is 16.6. The van der Waals surface area contributed by atoms with E-state index in [1.54, 1.807) is 0 Å². The molecule has 0 fully saturated rings. The predicted octanol–water partition coefficient (Wildman–Crippen LogP) is 2.02. The van der Waals surface area contributed by atoms with E-state index in [1.165, 1.54) is 0 Å². The third kappa shape index (κ3) is 6.17. The molecule has 0 saturated carbocycles. The maximum atomic E-state index is 7.32. The average molecular weight is 187 g/mol. The molecule has 0 aliphatic carbocycles. The van der Waals surface area contributed by atoms with Gasteiger partial charge in [0.2, 0.25) is 0 Å². The fraction of sp³-hybridized carbons (Fsp3) is 0.833. The van der Waals surface area contributed by atoms with Gasteiger partial charge in [0.25, 0.3) is 0 Å². The summed E-state index contributed by atoms with van der Waals surface area (Å²) < 4.78 is 0. The minimum atomic E-state index is 0. The second-order valence-corrected chi connectivity index (χ2v) is 2.43. The first-order chi connectivity index (χ1) is 3.55. The molecule has 0 aromatic rings. The summed E-state index contributed by atoms with van der Waals surface area (Å²) in [5.74, 6) is 1.04. The van der Waals surface area contributed by atoms with Crippen LogP contribution in [0.15, 0.2) is 0 Å². The van der Waals surface area contributed by atoms with Crippen LogP contribution in [0.4, 0.5) is 0 Å². The lowest BCUT2D eigenvalue weighted by atomic mass is 10.2. The van der Waals surface area contributed by atoms with Crippen LogP contribution in [0.25, 0.3) is 0 Å². The molecule has 0 heterocycles. The van der Waals surface area contributed by atoms with Gasteiger partial charge in [0.1, 0.15) is 0 Å². The third-order valence-corrected chi connectivity index (χ3v) is 1.03. The van der Waals surface area contributed by atoms with Gasteiger partial charge in [0.05, 0.1) is 5.84 Å². The zero-order valence-electron chi connectivity index (χ0n) is 6.84. The molecule has 0 saturated heterocycles. The molecule has 0 aliphatic rings. The van der Waals surface area contributed by atoms with Crippen molar-refractivity contribution < 1.29 is 0 Å². The Hall–Kier alpha value is 0.0500. The topological polar surface area (TPSA) is 27.1 Å². The van der Waals surface area contributed by atoms with Crippen molar-refractivity contribution in [1.29, 1.82) is 5.41 Å². The zero-order chi connectivity index (χ0) is 6.73. The molecule has 1 N–H and O–H groups in total. The highest BCUT2D eigenvalue weighted by molar-refractivity contribution is 5.85. The minimum absolute atomic E-state index is 0. The second-order valence-electron chi connectivity index (χ2n) is 2.43. The zero-order valence-corrected chi connectivity index (χ0v) is 8.47. The average Bonchev–Trinajstić information content (AvgIpc) is 1.64. The van der Waals surface area contributed by atoms with Crippen molar-refractivity contribution in [2.75, 3.05) is 14.1 Å². The SMILES string of the molecule is CC(C)C(=N)N(C)C.Cl.Cl. The van der Waals surface area contributed by atoms with Crippen LogP contribution in [0.3, 0.4) is 0 Å². The fourth-order valence-electron chi connectivity index (χ4n) is 0.516. The summed E-state index contributed by atoms with van der Waals surface area (Å²) in [4.78, 5) is 1.82. The number of rotatable bonds is 1. The van der Waals surface area contributed by atoms with Gasteiger partial charge >= 0.3 is 0 Å². The van der Waals surface area contributed by atoms with Crippen LogP contribution >= 0.6 is 24.8 Å². The van der Waals surface area contributed by atoms with Gasteiger partial charge in [0, 0.05) is 20.0 Å². The van der Waals surface area contributed by atoms with Gasteiger partial charge in [-0.1, -0.05) is 13.8 Å². The van der Waals surface area contributed by atoms with E-state index in [0.717, 1.165) is 0 Å². The van der Waals surface area contributed by atoms with Gasteiger partial charge in [-0.15, -0.1) is 24.8 Å².